The molecule has 2 aromatic rings. The van der Waals surface area contributed by atoms with Crippen molar-refractivity contribution in [3.05, 3.63) is 35.0 Å². The second kappa shape index (κ2) is 9.70. The molecule has 1 amide bonds. The molecule has 2 fully saturated rings. The van der Waals surface area contributed by atoms with Crippen LogP contribution in [-0.2, 0) is 9.53 Å². The molecule has 1 saturated heterocycles. The van der Waals surface area contributed by atoms with Crippen LogP contribution >= 0.6 is 11.6 Å². The lowest BCUT2D eigenvalue weighted by Crippen LogP contribution is -2.27. The molecule has 0 spiro atoms. The highest BCUT2D eigenvalue weighted by molar-refractivity contribution is 6.32. The van der Waals surface area contributed by atoms with Crippen molar-refractivity contribution in [2.24, 2.45) is 5.73 Å². The lowest BCUT2D eigenvalue weighted by Gasteiger charge is -2.00. The third kappa shape index (κ3) is 5.53. The Morgan fingerprint density at radius 3 is 2.33 bits per heavy atom. The zero-order valence-electron chi connectivity index (χ0n) is 14.3. The summed E-state index contributed by atoms with van der Waals surface area (Å²) in [6, 6.07) is 5.94. The standard InChI is InChI=1S/C9H8ClN.C5H9NO2.C5H10/c1-6-7-4-5-11-9(7)3-2-8(6)10;6-5(7)4-2-1-3-8-4;1-2-4-5-3-1/h2-5,11H,1H3;4H,1-3H2,(H2,6,7);1-5H2/t;4-;/m.0./s1. The van der Waals surface area contributed by atoms with Crippen LogP contribution in [0, 0.1) is 6.92 Å². The minimum absolute atomic E-state index is 0.296. The number of carbonyl (C=O) groups is 1. The molecule has 0 radical (unpaired) electrons. The number of carbonyl (C=O) groups excluding carboxylic acids is 1. The number of nitrogens with one attached hydrogen (secondary N) is 1. The molecular formula is C19H27ClN2O2. The van der Waals surface area contributed by atoms with E-state index in [0.717, 1.165) is 28.9 Å². The number of primary amides is 1. The molecule has 132 valence electrons. The summed E-state index contributed by atoms with van der Waals surface area (Å²) < 4.78 is 4.94. The van der Waals surface area contributed by atoms with Crippen LogP contribution in [0.25, 0.3) is 10.9 Å². The third-order valence-electron chi connectivity index (χ3n) is 4.43. The van der Waals surface area contributed by atoms with E-state index in [2.05, 4.69) is 4.98 Å². The van der Waals surface area contributed by atoms with E-state index in [1.54, 1.807) is 0 Å². The molecule has 1 aliphatic heterocycles. The van der Waals surface area contributed by atoms with Crippen LogP contribution in [0.1, 0.15) is 50.5 Å². The molecule has 2 heterocycles. The van der Waals surface area contributed by atoms with Gasteiger partial charge in [-0.25, -0.2) is 0 Å². The molecule has 0 bridgehead atoms. The molecule has 3 N–H and O–H groups in total. The van der Waals surface area contributed by atoms with Gasteiger partial charge >= 0.3 is 0 Å². The number of aromatic nitrogens is 1. The van der Waals surface area contributed by atoms with Crippen LogP contribution in [-0.4, -0.2) is 23.6 Å². The van der Waals surface area contributed by atoms with Gasteiger partial charge in [-0.2, -0.15) is 0 Å². The predicted octanol–water partition coefficient (Wildman–Crippen LogP) is 4.73. The highest BCUT2D eigenvalue weighted by atomic mass is 35.5. The van der Waals surface area contributed by atoms with Crippen molar-refractivity contribution in [1.82, 2.24) is 4.98 Å². The van der Waals surface area contributed by atoms with Crippen LogP contribution in [0.15, 0.2) is 24.4 Å². The average molecular weight is 351 g/mol. The van der Waals surface area contributed by atoms with Crippen LogP contribution in [0.3, 0.4) is 0 Å². The van der Waals surface area contributed by atoms with Crippen molar-refractivity contribution >= 4 is 28.4 Å². The summed E-state index contributed by atoms with van der Waals surface area (Å²) >= 11 is 5.93. The molecule has 1 aromatic carbocycles. The normalized spacial score (nSPS) is 19.3. The molecule has 1 atom stereocenters. The Morgan fingerprint density at radius 1 is 1.17 bits per heavy atom. The van der Waals surface area contributed by atoms with Crippen molar-refractivity contribution in [2.45, 2.75) is 58.0 Å². The summed E-state index contributed by atoms with van der Waals surface area (Å²) in [7, 11) is 0. The SMILES string of the molecule is C1CCCC1.Cc1c(Cl)ccc2[nH]ccc12.NC(=O)[C@@H]1CCCO1. The molecule has 1 saturated carbocycles. The number of amides is 1. The maximum atomic E-state index is 10.3. The van der Waals surface area contributed by atoms with Gasteiger partial charge in [0.2, 0.25) is 5.91 Å². The Kier molecular flexibility index (Phi) is 7.60. The Morgan fingerprint density at radius 2 is 1.83 bits per heavy atom. The largest absolute Gasteiger partial charge is 0.368 e. The quantitative estimate of drug-likeness (QED) is 0.780. The Hall–Kier alpha value is -1.52. The first kappa shape index (κ1) is 18.8. The number of benzene rings is 1. The number of hydrogen-bond acceptors (Lipinski definition) is 2. The van der Waals surface area contributed by atoms with Crippen molar-refractivity contribution in [3.8, 4) is 0 Å². The molecule has 4 nitrogen and oxygen atoms in total. The van der Waals surface area contributed by atoms with E-state index in [-0.39, 0.29) is 12.0 Å². The van der Waals surface area contributed by atoms with E-state index < -0.39 is 0 Å². The molecular weight excluding hydrogens is 324 g/mol. The van der Waals surface area contributed by atoms with Crippen LogP contribution in [0.2, 0.25) is 5.02 Å². The predicted molar refractivity (Wildman–Crippen MR) is 99.3 cm³/mol. The highest BCUT2D eigenvalue weighted by Gasteiger charge is 2.19. The molecule has 24 heavy (non-hydrogen) atoms. The minimum atomic E-state index is -0.331. The lowest BCUT2D eigenvalue weighted by molar-refractivity contribution is -0.126. The van der Waals surface area contributed by atoms with Crippen molar-refractivity contribution in [1.29, 1.82) is 0 Å². The van der Waals surface area contributed by atoms with Gasteiger partial charge in [-0.3, -0.25) is 4.79 Å². The number of nitrogens with two attached hydrogens (primary N) is 1. The number of aromatic amines is 1. The highest BCUT2D eigenvalue weighted by Crippen LogP contribution is 2.23. The first-order chi connectivity index (χ1) is 11.6. The van der Waals surface area contributed by atoms with Gasteiger partial charge in [0, 0.05) is 28.7 Å². The fourth-order valence-corrected chi connectivity index (χ4v) is 3.11. The van der Waals surface area contributed by atoms with E-state index >= 15 is 0 Å². The molecule has 4 rings (SSSR count). The summed E-state index contributed by atoms with van der Waals surface area (Å²) in [5, 5.41) is 2.04. The zero-order chi connectivity index (χ0) is 17.4. The van der Waals surface area contributed by atoms with E-state index in [9.17, 15) is 4.79 Å². The maximum absolute atomic E-state index is 10.3. The van der Waals surface area contributed by atoms with Crippen molar-refractivity contribution < 1.29 is 9.53 Å². The van der Waals surface area contributed by atoms with Gasteiger partial charge in [-0.1, -0.05) is 43.7 Å². The van der Waals surface area contributed by atoms with Crippen molar-refractivity contribution in [3.63, 3.8) is 0 Å². The fraction of sp³-hybridized carbons (Fsp3) is 0.526. The second-order valence-electron chi connectivity index (χ2n) is 6.28. The molecule has 0 unspecified atom stereocenters. The lowest BCUT2D eigenvalue weighted by atomic mass is 10.1. The van der Waals surface area contributed by atoms with Crippen LogP contribution in [0.5, 0.6) is 0 Å². The van der Waals surface area contributed by atoms with E-state index in [4.69, 9.17) is 22.1 Å². The zero-order valence-corrected chi connectivity index (χ0v) is 15.1. The number of H-pyrrole nitrogens is 1. The van der Waals surface area contributed by atoms with Gasteiger partial charge in [-0.05, 0) is 43.5 Å². The summed E-state index contributed by atoms with van der Waals surface area (Å²) in [4.78, 5) is 13.4. The van der Waals surface area contributed by atoms with Crippen molar-refractivity contribution in [2.75, 3.05) is 6.61 Å². The summed E-state index contributed by atoms with van der Waals surface area (Å²) in [5.74, 6) is -0.331. The van der Waals surface area contributed by atoms with Crippen LogP contribution < -0.4 is 5.73 Å². The fourth-order valence-electron chi connectivity index (χ4n) is 2.94. The van der Waals surface area contributed by atoms with Gasteiger partial charge < -0.3 is 15.5 Å². The van der Waals surface area contributed by atoms with Gasteiger partial charge in [-0.15, -0.1) is 0 Å². The van der Waals surface area contributed by atoms with E-state index in [1.165, 1.54) is 37.5 Å². The van der Waals surface area contributed by atoms with E-state index in [0.29, 0.717) is 6.61 Å². The number of rotatable bonds is 1. The first-order valence-corrected chi connectivity index (χ1v) is 9.10. The Labute approximate surface area is 148 Å². The van der Waals surface area contributed by atoms with Gasteiger partial charge in [0.25, 0.3) is 0 Å². The molecule has 1 aromatic heterocycles. The smallest absolute Gasteiger partial charge is 0.246 e. The third-order valence-corrected chi connectivity index (χ3v) is 4.84. The summed E-state index contributed by atoms with van der Waals surface area (Å²) in [6.45, 7) is 2.71. The van der Waals surface area contributed by atoms with Gasteiger partial charge in [0.15, 0.2) is 0 Å². The second-order valence-corrected chi connectivity index (χ2v) is 6.69. The topological polar surface area (TPSA) is 68.1 Å². The average Bonchev–Trinajstić information content (AvgIpc) is 3.36. The van der Waals surface area contributed by atoms with Gasteiger partial charge in [0.05, 0.1) is 0 Å². The number of halogens is 1. The summed E-state index contributed by atoms with van der Waals surface area (Å²) in [5.41, 5.74) is 7.22. The minimum Gasteiger partial charge on any atom is -0.368 e. The van der Waals surface area contributed by atoms with Crippen LogP contribution in [0.4, 0.5) is 0 Å². The Bertz CT molecular complexity index is 636. The number of hydrogen-bond donors (Lipinski definition) is 2. The first-order valence-electron chi connectivity index (χ1n) is 8.72. The monoisotopic (exact) mass is 350 g/mol. The maximum Gasteiger partial charge on any atom is 0.246 e. The molecule has 5 heteroatoms. The number of fused-ring (bicyclic) bond motifs is 1. The van der Waals surface area contributed by atoms with E-state index in [1.807, 2.05) is 31.3 Å². The molecule has 1 aliphatic carbocycles. The molecule has 2 aliphatic rings. The number of ether oxygens (including phenoxy) is 1. The summed E-state index contributed by atoms with van der Waals surface area (Å²) in [6.07, 6.45) is 10.9. The van der Waals surface area contributed by atoms with Gasteiger partial charge in [0.1, 0.15) is 6.10 Å². The number of aryl methyl sites for hydroxylation is 1. The Balaban J connectivity index is 0.000000141.